The highest BCUT2D eigenvalue weighted by Crippen LogP contribution is 2.23. The summed E-state index contributed by atoms with van der Waals surface area (Å²) in [4.78, 5) is 12.5. The van der Waals surface area contributed by atoms with Gasteiger partial charge < -0.3 is 14.8 Å². The van der Waals surface area contributed by atoms with Crippen LogP contribution in [0.15, 0.2) is 21.9 Å². The lowest BCUT2D eigenvalue weighted by atomic mass is 10.1. The molecule has 2 heterocycles. The van der Waals surface area contributed by atoms with Crippen molar-refractivity contribution in [1.82, 2.24) is 5.32 Å². The lowest BCUT2D eigenvalue weighted by molar-refractivity contribution is 0.0946. The first-order chi connectivity index (χ1) is 9.47. The van der Waals surface area contributed by atoms with E-state index in [2.05, 4.69) is 5.32 Å². The first kappa shape index (κ1) is 14.8. The standard InChI is InChI=1S/C15H19NO3S/c1-9-6-14(20-8-9)15(18)16-5-4-13(17)12-7-10(2)19-11(12)3/h6-8,13,17H,4-5H2,1-3H3,(H,16,18)/t13-/m0/s1. The molecule has 20 heavy (non-hydrogen) atoms. The first-order valence-electron chi connectivity index (χ1n) is 6.55. The summed E-state index contributed by atoms with van der Waals surface area (Å²) in [5, 5.41) is 14.9. The quantitative estimate of drug-likeness (QED) is 0.890. The molecule has 0 aliphatic carbocycles. The molecule has 2 aromatic rings. The SMILES string of the molecule is Cc1csc(C(=O)NCC[C@H](O)c2cc(C)oc2C)c1. The smallest absolute Gasteiger partial charge is 0.261 e. The molecular formula is C15H19NO3S. The van der Waals surface area contributed by atoms with Crippen molar-refractivity contribution < 1.29 is 14.3 Å². The summed E-state index contributed by atoms with van der Waals surface area (Å²) < 4.78 is 5.39. The lowest BCUT2D eigenvalue weighted by Crippen LogP contribution is -2.24. The summed E-state index contributed by atoms with van der Waals surface area (Å²) in [6, 6.07) is 3.70. The van der Waals surface area contributed by atoms with Crippen LogP contribution in [0.3, 0.4) is 0 Å². The number of aliphatic hydroxyl groups is 1. The number of furan rings is 1. The van der Waals surface area contributed by atoms with Gasteiger partial charge in [-0.2, -0.15) is 0 Å². The van der Waals surface area contributed by atoms with Gasteiger partial charge >= 0.3 is 0 Å². The van der Waals surface area contributed by atoms with Crippen LogP contribution in [0, 0.1) is 20.8 Å². The molecule has 0 unspecified atom stereocenters. The van der Waals surface area contributed by atoms with Crippen molar-refractivity contribution >= 4 is 17.2 Å². The van der Waals surface area contributed by atoms with E-state index >= 15 is 0 Å². The molecule has 0 saturated carbocycles. The third-order valence-electron chi connectivity index (χ3n) is 3.10. The van der Waals surface area contributed by atoms with Crippen LogP contribution in [0.4, 0.5) is 0 Å². The average Bonchev–Trinajstić information content (AvgIpc) is 2.95. The molecule has 2 aromatic heterocycles. The Morgan fingerprint density at radius 1 is 1.40 bits per heavy atom. The maximum Gasteiger partial charge on any atom is 0.261 e. The Bertz CT molecular complexity index is 600. The molecule has 0 aromatic carbocycles. The zero-order chi connectivity index (χ0) is 14.7. The van der Waals surface area contributed by atoms with E-state index in [1.54, 1.807) is 0 Å². The number of aliphatic hydroxyl groups excluding tert-OH is 1. The fourth-order valence-electron chi connectivity index (χ4n) is 2.10. The fourth-order valence-corrected chi connectivity index (χ4v) is 2.91. The summed E-state index contributed by atoms with van der Waals surface area (Å²) in [5.41, 5.74) is 1.88. The molecule has 0 radical (unpaired) electrons. The Morgan fingerprint density at radius 2 is 2.15 bits per heavy atom. The van der Waals surface area contributed by atoms with Crippen molar-refractivity contribution in [3.63, 3.8) is 0 Å². The minimum Gasteiger partial charge on any atom is -0.466 e. The number of rotatable bonds is 5. The van der Waals surface area contributed by atoms with Crippen molar-refractivity contribution in [2.45, 2.75) is 33.3 Å². The van der Waals surface area contributed by atoms with Gasteiger partial charge in [-0.3, -0.25) is 4.79 Å². The van der Waals surface area contributed by atoms with E-state index in [4.69, 9.17) is 4.42 Å². The summed E-state index contributed by atoms with van der Waals surface area (Å²) >= 11 is 1.43. The molecule has 0 aliphatic rings. The van der Waals surface area contributed by atoms with E-state index in [9.17, 15) is 9.90 Å². The molecule has 1 amide bonds. The number of carbonyl (C=O) groups excluding carboxylic acids is 1. The highest BCUT2D eigenvalue weighted by Gasteiger charge is 2.15. The molecule has 0 bridgehead atoms. The van der Waals surface area contributed by atoms with E-state index in [1.165, 1.54) is 11.3 Å². The molecular weight excluding hydrogens is 274 g/mol. The average molecular weight is 293 g/mol. The summed E-state index contributed by atoms with van der Waals surface area (Å²) in [5.74, 6) is 1.43. The summed E-state index contributed by atoms with van der Waals surface area (Å²) in [6.07, 6.45) is -0.145. The van der Waals surface area contributed by atoms with Gasteiger partial charge in [0.25, 0.3) is 5.91 Å². The topological polar surface area (TPSA) is 62.5 Å². The molecule has 2 rings (SSSR count). The first-order valence-corrected chi connectivity index (χ1v) is 7.43. The highest BCUT2D eigenvalue weighted by atomic mass is 32.1. The normalized spacial score (nSPS) is 12.4. The minimum atomic E-state index is -0.613. The van der Waals surface area contributed by atoms with Crippen molar-refractivity contribution in [3.8, 4) is 0 Å². The molecule has 108 valence electrons. The van der Waals surface area contributed by atoms with Crippen molar-refractivity contribution in [2.75, 3.05) is 6.54 Å². The molecule has 5 heteroatoms. The van der Waals surface area contributed by atoms with Crippen molar-refractivity contribution in [1.29, 1.82) is 0 Å². The minimum absolute atomic E-state index is 0.0876. The van der Waals surface area contributed by atoms with Crippen LogP contribution in [0.25, 0.3) is 0 Å². The zero-order valence-electron chi connectivity index (χ0n) is 11.9. The molecule has 1 atom stereocenters. The number of amides is 1. The zero-order valence-corrected chi connectivity index (χ0v) is 12.7. The van der Waals surface area contributed by atoms with Crippen molar-refractivity contribution in [3.05, 3.63) is 45.0 Å². The van der Waals surface area contributed by atoms with Crippen LogP contribution >= 0.6 is 11.3 Å². The van der Waals surface area contributed by atoms with Gasteiger partial charge in [0.15, 0.2) is 0 Å². The van der Waals surface area contributed by atoms with Gasteiger partial charge in [-0.25, -0.2) is 0 Å². The van der Waals surface area contributed by atoms with E-state index in [-0.39, 0.29) is 5.91 Å². The van der Waals surface area contributed by atoms with Crippen LogP contribution < -0.4 is 5.32 Å². The fraction of sp³-hybridized carbons (Fsp3) is 0.400. The van der Waals surface area contributed by atoms with Crippen molar-refractivity contribution in [2.24, 2.45) is 0 Å². The second-order valence-corrected chi connectivity index (χ2v) is 5.83. The number of carbonyl (C=O) groups is 1. The number of thiophene rings is 1. The Hall–Kier alpha value is -1.59. The van der Waals surface area contributed by atoms with Gasteiger partial charge in [0.2, 0.25) is 0 Å². The Morgan fingerprint density at radius 3 is 2.70 bits per heavy atom. The predicted octanol–water partition coefficient (Wildman–Crippen LogP) is 3.12. The van der Waals surface area contributed by atoms with Gasteiger partial charge in [-0.15, -0.1) is 11.3 Å². The number of nitrogens with one attached hydrogen (secondary N) is 1. The second kappa shape index (κ2) is 6.24. The summed E-state index contributed by atoms with van der Waals surface area (Å²) in [6.45, 7) is 6.07. The molecule has 2 N–H and O–H groups in total. The third kappa shape index (κ3) is 3.49. The van der Waals surface area contributed by atoms with Crippen LogP contribution in [0.5, 0.6) is 0 Å². The van der Waals surface area contributed by atoms with Crippen LogP contribution in [-0.4, -0.2) is 17.6 Å². The lowest BCUT2D eigenvalue weighted by Gasteiger charge is -2.10. The molecule has 0 aliphatic heterocycles. The van der Waals surface area contributed by atoms with Gasteiger partial charge in [0.05, 0.1) is 11.0 Å². The Balaban J connectivity index is 1.84. The van der Waals surface area contributed by atoms with E-state index in [0.29, 0.717) is 17.8 Å². The predicted molar refractivity (Wildman–Crippen MR) is 79.1 cm³/mol. The number of hydrogen-bond acceptors (Lipinski definition) is 4. The number of hydrogen-bond donors (Lipinski definition) is 2. The van der Waals surface area contributed by atoms with E-state index in [0.717, 1.165) is 22.6 Å². The Labute approximate surface area is 122 Å². The van der Waals surface area contributed by atoms with Gasteiger partial charge in [-0.1, -0.05) is 0 Å². The number of aryl methyl sites for hydroxylation is 3. The third-order valence-corrected chi connectivity index (χ3v) is 4.14. The summed E-state index contributed by atoms with van der Waals surface area (Å²) in [7, 11) is 0. The monoisotopic (exact) mass is 293 g/mol. The van der Waals surface area contributed by atoms with Crippen LogP contribution in [0.1, 0.15) is 44.8 Å². The van der Waals surface area contributed by atoms with Gasteiger partial charge in [0, 0.05) is 12.1 Å². The van der Waals surface area contributed by atoms with E-state index in [1.807, 2.05) is 38.3 Å². The van der Waals surface area contributed by atoms with E-state index < -0.39 is 6.10 Å². The molecule has 4 nitrogen and oxygen atoms in total. The van der Waals surface area contributed by atoms with Gasteiger partial charge in [0.1, 0.15) is 11.5 Å². The van der Waals surface area contributed by atoms with Crippen LogP contribution in [-0.2, 0) is 0 Å². The van der Waals surface area contributed by atoms with Gasteiger partial charge in [-0.05, 0) is 50.3 Å². The maximum atomic E-state index is 11.8. The highest BCUT2D eigenvalue weighted by molar-refractivity contribution is 7.12. The second-order valence-electron chi connectivity index (χ2n) is 4.92. The molecule has 0 spiro atoms. The Kier molecular flexibility index (Phi) is 4.62. The maximum absolute atomic E-state index is 11.8. The largest absolute Gasteiger partial charge is 0.466 e. The molecule has 0 saturated heterocycles. The molecule has 0 fully saturated rings. The van der Waals surface area contributed by atoms with Crippen LogP contribution in [0.2, 0.25) is 0 Å².